The van der Waals surface area contributed by atoms with E-state index >= 15 is 0 Å². The quantitative estimate of drug-likeness (QED) is 0.860. The molecule has 2 aromatic heterocycles. The van der Waals surface area contributed by atoms with E-state index in [1.807, 2.05) is 19.1 Å². The third kappa shape index (κ3) is 3.99. The number of likely N-dealkylation sites (tertiary alicyclic amines) is 1. The molecule has 0 saturated carbocycles. The summed E-state index contributed by atoms with van der Waals surface area (Å²) in [5, 5.41) is 3.14. The lowest BCUT2D eigenvalue weighted by Crippen LogP contribution is -2.28. The van der Waals surface area contributed by atoms with Gasteiger partial charge in [-0.3, -0.25) is 0 Å². The number of nitrogens with zero attached hydrogens (tertiary/aromatic N) is 3. The molecule has 0 atom stereocenters. The third-order valence-corrected chi connectivity index (χ3v) is 4.40. The molecule has 1 saturated heterocycles. The molecule has 1 aliphatic rings. The summed E-state index contributed by atoms with van der Waals surface area (Å²) in [6, 6.07) is 6.01. The second kappa shape index (κ2) is 7.38. The number of nitrogens with two attached hydrogens (primary N) is 1. The summed E-state index contributed by atoms with van der Waals surface area (Å²) in [5.74, 6) is 1.28. The Balaban J connectivity index is 1.91. The molecule has 5 heteroatoms. The van der Waals surface area contributed by atoms with Crippen molar-refractivity contribution in [2.75, 3.05) is 24.1 Å². The lowest BCUT2D eigenvalue weighted by molar-refractivity contribution is 0.326. The van der Waals surface area contributed by atoms with E-state index in [9.17, 15) is 0 Å². The van der Waals surface area contributed by atoms with Crippen LogP contribution >= 0.6 is 0 Å². The maximum Gasteiger partial charge on any atom is 0.132 e. The number of hydrogen-bond donors (Lipinski definition) is 2. The smallest absolute Gasteiger partial charge is 0.132 e. The minimum atomic E-state index is 0.522. The Morgan fingerprint density at radius 2 is 1.88 bits per heavy atom. The van der Waals surface area contributed by atoms with Crippen LogP contribution in [0.25, 0.3) is 16.8 Å². The number of pyridine rings is 2. The van der Waals surface area contributed by atoms with E-state index in [-0.39, 0.29) is 0 Å². The molecule has 0 spiro atoms. The normalized spacial score (nSPS) is 14.2. The van der Waals surface area contributed by atoms with Crippen LogP contribution in [0.1, 0.15) is 31.7 Å². The minimum absolute atomic E-state index is 0.522. The van der Waals surface area contributed by atoms with Crippen LogP contribution in [0.15, 0.2) is 49.4 Å². The Labute approximate surface area is 149 Å². The zero-order valence-electron chi connectivity index (χ0n) is 14.8. The van der Waals surface area contributed by atoms with E-state index < -0.39 is 0 Å². The van der Waals surface area contributed by atoms with Crippen molar-refractivity contribution >= 4 is 17.3 Å². The van der Waals surface area contributed by atoms with E-state index in [0.717, 1.165) is 47.0 Å². The van der Waals surface area contributed by atoms with Crippen molar-refractivity contribution in [2.45, 2.75) is 26.2 Å². The molecule has 3 heterocycles. The number of aromatic nitrogens is 2. The fourth-order valence-electron chi connectivity index (χ4n) is 3.10. The minimum Gasteiger partial charge on any atom is -0.383 e. The fraction of sp³-hybridized carbons (Fsp3) is 0.300. The molecule has 0 unspecified atom stereocenters. The summed E-state index contributed by atoms with van der Waals surface area (Å²) < 4.78 is 0. The topological polar surface area (TPSA) is 67.1 Å². The molecule has 0 aromatic carbocycles. The van der Waals surface area contributed by atoms with Crippen molar-refractivity contribution in [1.82, 2.24) is 14.9 Å². The van der Waals surface area contributed by atoms with Crippen LogP contribution in [0, 0.1) is 0 Å². The number of nitrogen functional groups attached to an aromatic ring is 1. The molecular weight excluding hydrogens is 310 g/mol. The first-order valence-corrected chi connectivity index (χ1v) is 8.63. The number of rotatable bonds is 5. The zero-order valence-corrected chi connectivity index (χ0v) is 14.8. The van der Waals surface area contributed by atoms with Gasteiger partial charge in [0.1, 0.15) is 11.6 Å². The molecule has 0 aliphatic carbocycles. The molecule has 5 nitrogen and oxygen atoms in total. The first-order chi connectivity index (χ1) is 12.0. The van der Waals surface area contributed by atoms with Crippen molar-refractivity contribution in [3.05, 3.63) is 55.0 Å². The molecule has 0 bridgehead atoms. The van der Waals surface area contributed by atoms with E-state index in [0.29, 0.717) is 5.82 Å². The van der Waals surface area contributed by atoms with Crippen molar-refractivity contribution in [3.63, 3.8) is 0 Å². The molecule has 130 valence electrons. The molecular formula is C20H25N5. The van der Waals surface area contributed by atoms with E-state index in [4.69, 9.17) is 5.73 Å². The van der Waals surface area contributed by atoms with Gasteiger partial charge in [0, 0.05) is 48.0 Å². The molecule has 1 aliphatic heterocycles. The first kappa shape index (κ1) is 17.0. The summed E-state index contributed by atoms with van der Waals surface area (Å²) >= 11 is 0. The Kier molecular flexibility index (Phi) is 5.03. The van der Waals surface area contributed by atoms with Crippen LogP contribution in [0.4, 0.5) is 11.6 Å². The molecule has 0 amide bonds. The number of hydrogen-bond acceptors (Lipinski definition) is 5. The molecule has 1 fully saturated rings. The van der Waals surface area contributed by atoms with Gasteiger partial charge in [0.2, 0.25) is 0 Å². The van der Waals surface area contributed by atoms with Gasteiger partial charge < -0.3 is 16.0 Å². The average Bonchev–Trinajstić information content (AvgIpc) is 2.62. The fourth-order valence-corrected chi connectivity index (χ4v) is 3.10. The second-order valence-corrected chi connectivity index (χ2v) is 6.49. The Morgan fingerprint density at radius 1 is 1.12 bits per heavy atom. The van der Waals surface area contributed by atoms with Gasteiger partial charge in [-0.2, -0.15) is 0 Å². The zero-order chi connectivity index (χ0) is 17.8. The highest BCUT2D eigenvalue weighted by atomic mass is 15.1. The molecule has 3 rings (SSSR count). The summed E-state index contributed by atoms with van der Waals surface area (Å²) in [6.45, 7) is 12.1. The summed E-state index contributed by atoms with van der Waals surface area (Å²) in [7, 11) is 0. The predicted molar refractivity (Wildman–Crippen MR) is 105 cm³/mol. The molecule has 3 N–H and O–H groups in total. The summed E-state index contributed by atoms with van der Waals surface area (Å²) in [6.07, 6.45) is 7.25. The maximum atomic E-state index is 6.14. The lowest BCUT2D eigenvalue weighted by atomic mass is 10.0. The maximum absolute atomic E-state index is 6.14. The van der Waals surface area contributed by atoms with Crippen LogP contribution in [-0.4, -0.2) is 28.0 Å². The SMILES string of the molecule is C=C(C)Nc1cc(-c2cnc(N)c(C(=C)N3CCCCC3)c2)ccn1. The highest BCUT2D eigenvalue weighted by molar-refractivity contribution is 5.76. The summed E-state index contributed by atoms with van der Waals surface area (Å²) in [4.78, 5) is 11.0. The van der Waals surface area contributed by atoms with E-state index in [1.54, 1.807) is 12.4 Å². The van der Waals surface area contributed by atoms with Gasteiger partial charge in [0.25, 0.3) is 0 Å². The van der Waals surface area contributed by atoms with Crippen LogP contribution in [0.5, 0.6) is 0 Å². The van der Waals surface area contributed by atoms with Crippen molar-refractivity contribution in [3.8, 4) is 11.1 Å². The predicted octanol–water partition coefficient (Wildman–Crippen LogP) is 4.13. The van der Waals surface area contributed by atoms with Crippen molar-refractivity contribution in [1.29, 1.82) is 0 Å². The average molecular weight is 335 g/mol. The number of anilines is 2. The number of nitrogens with one attached hydrogen (secondary N) is 1. The largest absolute Gasteiger partial charge is 0.383 e. The second-order valence-electron chi connectivity index (χ2n) is 6.49. The van der Waals surface area contributed by atoms with Gasteiger partial charge in [0.05, 0.1) is 0 Å². The molecule has 2 aromatic rings. The molecule has 25 heavy (non-hydrogen) atoms. The van der Waals surface area contributed by atoms with Crippen molar-refractivity contribution < 1.29 is 0 Å². The van der Waals surface area contributed by atoms with Crippen LogP contribution in [-0.2, 0) is 0 Å². The number of allylic oxidation sites excluding steroid dienone is 1. The van der Waals surface area contributed by atoms with Crippen LogP contribution in [0.3, 0.4) is 0 Å². The Morgan fingerprint density at radius 3 is 2.60 bits per heavy atom. The van der Waals surface area contributed by atoms with Crippen LogP contribution < -0.4 is 11.1 Å². The van der Waals surface area contributed by atoms with Gasteiger partial charge in [-0.25, -0.2) is 9.97 Å². The van der Waals surface area contributed by atoms with Gasteiger partial charge in [-0.05, 0) is 49.9 Å². The van der Waals surface area contributed by atoms with Crippen molar-refractivity contribution in [2.24, 2.45) is 0 Å². The third-order valence-electron chi connectivity index (χ3n) is 4.40. The van der Waals surface area contributed by atoms with Crippen LogP contribution in [0.2, 0.25) is 0 Å². The van der Waals surface area contributed by atoms with E-state index in [2.05, 4.69) is 39.4 Å². The highest BCUT2D eigenvalue weighted by Crippen LogP contribution is 2.30. The molecule has 0 radical (unpaired) electrons. The number of piperidine rings is 1. The Hall–Kier alpha value is -2.82. The Bertz CT molecular complexity index is 790. The standard InChI is InChI=1S/C20H25N5/c1-14(2)24-19-12-16(7-8-22-19)17-11-18(20(21)23-13-17)15(3)25-9-5-4-6-10-25/h7-8,11-13H,1,3-6,9-10H2,2H3,(H2,21,23)(H,22,24). The first-order valence-electron chi connectivity index (χ1n) is 8.63. The summed E-state index contributed by atoms with van der Waals surface area (Å²) in [5.41, 5.74) is 10.9. The monoisotopic (exact) mass is 335 g/mol. The van der Waals surface area contributed by atoms with Gasteiger partial charge >= 0.3 is 0 Å². The highest BCUT2D eigenvalue weighted by Gasteiger charge is 2.16. The van der Waals surface area contributed by atoms with Gasteiger partial charge in [-0.15, -0.1) is 0 Å². The van der Waals surface area contributed by atoms with E-state index in [1.165, 1.54) is 19.3 Å². The lowest BCUT2D eigenvalue weighted by Gasteiger charge is -2.31. The van der Waals surface area contributed by atoms with Gasteiger partial charge in [0.15, 0.2) is 0 Å². The van der Waals surface area contributed by atoms with Gasteiger partial charge in [-0.1, -0.05) is 13.2 Å².